The van der Waals surface area contributed by atoms with E-state index in [4.69, 9.17) is 0 Å². The first-order chi connectivity index (χ1) is 17.9. The lowest BCUT2D eigenvalue weighted by Crippen LogP contribution is -2.53. The number of halogens is 4. The van der Waals surface area contributed by atoms with Crippen LogP contribution in [-0.2, 0) is 22.9 Å². The molecule has 200 valence electrons. The Morgan fingerprint density at radius 3 is 2.55 bits per heavy atom. The number of benzene rings is 2. The minimum atomic E-state index is -4.83. The third-order valence-electron chi connectivity index (χ3n) is 7.30. The summed E-state index contributed by atoms with van der Waals surface area (Å²) >= 11 is 0. The molecule has 3 heterocycles. The molecule has 2 aliphatic heterocycles. The van der Waals surface area contributed by atoms with E-state index >= 15 is 0 Å². The van der Waals surface area contributed by atoms with Crippen LogP contribution in [0.1, 0.15) is 47.6 Å². The molecule has 1 fully saturated rings. The van der Waals surface area contributed by atoms with Crippen molar-refractivity contribution in [3.05, 3.63) is 76.5 Å². The van der Waals surface area contributed by atoms with Gasteiger partial charge in [-0.05, 0) is 52.1 Å². The average molecular weight is 530 g/mol. The van der Waals surface area contributed by atoms with Crippen molar-refractivity contribution in [2.75, 3.05) is 30.4 Å². The highest BCUT2D eigenvalue weighted by molar-refractivity contribution is 6.03. The van der Waals surface area contributed by atoms with Crippen LogP contribution < -0.4 is 10.2 Å². The number of alkyl halides is 3. The third kappa shape index (κ3) is 4.34. The van der Waals surface area contributed by atoms with Crippen molar-refractivity contribution in [3.63, 3.8) is 0 Å². The molecule has 7 nitrogen and oxygen atoms in total. The number of aryl methyl sites for hydroxylation is 1. The fraction of sp³-hybridized carbons (Fsp3) is 0.370. The molecular formula is C27H27F4N5O2. The minimum absolute atomic E-state index is 0.00540. The maximum absolute atomic E-state index is 14.9. The summed E-state index contributed by atoms with van der Waals surface area (Å²) in [5, 5.41) is 13.2. The Balaban J connectivity index is 1.61. The molecule has 1 amide bonds. The summed E-state index contributed by atoms with van der Waals surface area (Å²) in [7, 11) is 1.92. The third-order valence-corrected chi connectivity index (χ3v) is 7.30. The number of carbonyl (C=O) groups is 1. The summed E-state index contributed by atoms with van der Waals surface area (Å²) in [4.78, 5) is 26.8. The van der Waals surface area contributed by atoms with Gasteiger partial charge in [-0.25, -0.2) is 14.4 Å². The van der Waals surface area contributed by atoms with Gasteiger partial charge in [-0.3, -0.25) is 4.79 Å². The molecule has 2 N–H and O–H groups in total. The molecule has 0 saturated carbocycles. The number of phenolic OH excluding ortho intramolecular Hbond substituents is 1. The van der Waals surface area contributed by atoms with Gasteiger partial charge in [0.05, 0.1) is 23.8 Å². The number of anilines is 2. The summed E-state index contributed by atoms with van der Waals surface area (Å²) < 4.78 is 54.9. The summed E-state index contributed by atoms with van der Waals surface area (Å²) in [6.07, 6.45) is -4.31. The highest BCUT2D eigenvalue weighted by Gasteiger charge is 2.53. The molecule has 1 saturated heterocycles. The second kappa shape index (κ2) is 9.23. The first-order valence-electron chi connectivity index (χ1n) is 12.2. The van der Waals surface area contributed by atoms with Gasteiger partial charge in [-0.15, -0.1) is 0 Å². The van der Waals surface area contributed by atoms with Crippen LogP contribution in [0.3, 0.4) is 0 Å². The van der Waals surface area contributed by atoms with E-state index in [-0.39, 0.29) is 23.8 Å². The minimum Gasteiger partial charge on any atom is -0.508 e. The first-order valence-corrected chi connectivity index (χ1v) is 12.2. The maximum Gasteiger partial charge on any atom is 0.419 e. The Hall–Kier alpha value is -3.73. The molecule has 2 atom stereocenters. The van der Waals surface area contributed by atoms with E-state index in [1.54, 1.807) is 30.9 Å². The largest absolute Gasteiger partial charge is 0.508 e. The van der Waals surface area contributed by atoms with Crippen molar-refractivity contribution in [1.29, 1.82) is 0 Å². The van der Waals surface area contributed by atoms with Gasteiger partial charge in [-0.1, -0.05) is 18.2 Å². The molecule has 0 bridgehead atoms. The van der Waals surface area contributed by atoms with Crippen LogP contribution in [0.2, 0.25) is 0 Å². The van der Waals surface area contributed by atoms with E-state index in [1.807, 2.05) is 11.9 Å². The molecule has 38 heavy (non-hydrogen) atoms. The number of phenols is 1. The van der Waals surface area contributed by atoms with E-state index < -0.39 is 29.0 Å². The zero-order valence-corrected chi connectivity index (χ0v) is 21.1. The van der Waals surface area contributed by atoms with E-state index in [1.165, 1.54) is 24.3 Å². The second-order valence-electron chi connectivity index (χ2n) is 10.0. The predicted octanol–water partition coefficient (Wildman–Crippen LogP) is 4.94. The van der Waals surface area contributed by atoms with Gasteiger partial charge in [0.15, 0.2) is 0 Å². The molecule has 0 aliphatic carbocycles. The Bertz CT molecular complexity index is 1410. The normalized spacial score (nSPS) is 20.6. The molecule has 2 aromatic carbocycles. The van der Waals surface area contributed by atoms with Crippen LogP contribution in [0.4, 0.5) is 29.1 Å². The van der Waals surface area contributed by atoms with Gasteiger partial charge in [0, 0.05) is 29.4 Å². The van der Waals surface area contributed by atoms with Gasteiger partial charge < -0.3 is 20.2 Å². The lowest BCUT2D eigenvalue weighted by Gasteiger charge is -2.41. The van der Waals surface area contributed by atoms with E-state index in [2.05, 4.69) is 15.3 Å². The molecule has 11 heteroatoms. The van der Waals surface area contributed by atoms with Crippen LogP contribution in [0, 0.1) is 12.7 Å². The Morgan fingerprint density at radius 2 is 1.89 bits per heavy atom. The molecule has 1 aromatic heterocycles. The second-order valence-corrected chi connectivity index (χ2v) is 10.0. The number of aromatic hydroxyl groups is 1. The van der Waals surface area contributed by atoms with Crippen LogP contribution in [-0.4, -0.2) is 46.0 Å². The summed E-state index contributed by atoms with van der Waals surface area (Å²) in [5.74, 6) is -0.782. The summed E-state index contributed by atoms with van der Waals surface area (Å²) in [6, 6.07) is 8.69. The zero-order chi connectivity index (χ0) is 27.4. The van der Waals surface area contributed by atoms with Crippen LogP contribution >= 0.6 is 0 Å². The Labute approximate surface area is 217 Å². The molecule has 0 radical (unpaired) electrons. The van der Waals surface area contributed by atoms with Gasteiger partial charge in [-0.2, -0.15) is 13.2 Å². The highest BCUT2D eigenvalue weighted by atomic mass is 19.4. The van der Waals surface area contributed by atoms with Crippen molar-refractivity contribution in [2.45, 2.75) is 44.4 Å². The number of likely N-dealkylation sites (tertiary alicyclic amines) is 1. The number of hydrogen-bond acceptors (Lipinski definition) is 6. The van der Waals surface area contributed by atoms with E-state index in [0.717, 1.165) is 0 Å². The molecule has 3 aromatic rings. The predicted molar refractivity (Wildman–Crippen MR) is 133 cm³/mol. The van der Waals surface area contributed by atoms with Crippen molar-refractivity contribution < 1.29 is 27.5 Å². The Kier molecular flexibility index (Phi) is 6.29. The quantitative estimate of drug-likeness (QED) is 0.466. The fourth-order valence-electron chi connectivity index (χ4n) is 5.47. The van der Waals surface area contributed by atoms with Gasteiger partial charge >= 0.3 is 6.18 Å². The lowest BCUT2D eigenvalue weighted by molar-refractivity contribution is -0.140. The van der Waals surface area contributed by atoms with Gasteiger partial charge in [0.2, 0.25) is 5.91 Å². The summed E-state index contributed by atoms with van der Waals surface area (Å²) in [5.41, 5.74) is -0.793. The molecular weight excluding hydrogens is 502 g/mol. The SMILES string of the molecule is Cc1nc(N[C@H](C)c2cccc(C(F)(F)F)c2F)c2c(n1)C1(CCN(C)C1)C(=O)N(c1cccc(O)c1)C2. The lowest BCUT2D eigenvalue weighted by atomic mass is 9.76. The average Bonchev–Trinajstić information content (AvgIpc) is 3.23. The number of nitrogens with one attached hydrogen (secondary N) is 1. The highest BCUT2D eigenvalue weighted by Crippen LogP contribution is 2.44. The van der Waals surface area contributed by atoms with Crippen molar-refractivity contribution >= 4 is 17.4 Å². The Morgan fingerprint density at radius 1 is 1.16 bits per heavy atom. The molecule has 2 aliphatic rings. The molecule has 1 unspecified atom stereocenters. The van der Waals surface area contributed by atoms with Crippen LogP contribution in [0.15, 0.2) is 42.5 Å². The number of rotatable bonds is 4. The van der Waals surface area contributed by atoms with Crippen LogP contribution in [0.5, 0.6) is 5.75 Å². The number of hydrogen-bond donors (Lipinski definition) is 2. The first kappa shape index (κ1) is 25.9. The topological polar surface area (TPSA) is 81.6 Å². The fourth-order valence-corrected chi connectivity index (χ4v) is 5.47. The number of amides is 1. The van der Waals surface area contributed by atoms with Crippen molar-refractivity contribution in [1.82, 2.24) is 14.9 Å². The zero-order valence-electron chi connectivity index (χ0n) is 21.1. The standard InChI is InChI=1S/C27H27F4N5O2/c1-15(19-8-5-9-21(22(19)28)27(29,30)31)32-24-20-13-36(17-6-4-7-18(37)12-17)25(38)26(10-11-35(3)14-26)23(20)33-16(2)34-24/h4-9,12,15,37H,10-11,13-14H2,1-3H3,(H,32,33,34)/t15-,26?/m1/s1. The number of carbonyl (C=O) groups excluding carboxylic acids is 1. The van der Waals surface area contributed by atoms with Gasteiger partial charge in [0.1, 0.15) is 28.6 Å². The smallest absolute Gasteiger partial charge is 0.419 e. The number of nitrogens with zero attached hydrogens (tertiary/aromatic N) is 4. The van der Waals surface area contributed by atoms with Gasteiger partial charge in [0.25, 0.3) is 0 Å². The molecule has 1 spiro atoms. The van der Waals surface area contributed by atoms with E-state index in [0.29, 0.717) is 54.2 Å². The monoisotopic (exact) mass is 529 g/mol. The number of likely N-dealkylation sites (N-methyl/N-ethyl adjacent to an activating group) is 1. The molecule has 5 rings (SSSR count). The van der Waals surface area contributed by atoms with Crippen LogP contribution in [0.25, 0.3) is 0 Å². The summed E-state index contributed by atoms with van der Waals surface area (Å²) in [6.45, 7) is 4.39. The number of aromatic nitrogens is 2. The maximum atomic E-state index is 14.9. The van der Waals surface area contributed by atoms with Crippen molar-refractivity contribution in [3.8, 4) is 5.75 Å². The van der Waals surface area contributed by atoms with E-state index in [9.17, 15) is 27.5 Å². The number of fused-ring (bicyclic) bond motifs is 2. The van der Waals surface area contributed by atoms with Crippen molar-refractivity contribution in [2.24, 2.45) is 0 Å².